The maximum absolute atomic E-state index is 12.1. The number of anilines is 1. The van der Waals surface area contributed by atoms with E-state index in [2.05, 4.69) is 0 Å². The van der Waals surface area contributed by atoms with Crippen LogP contribution >= 0.6 is 0 Å². The highest BCUT2D eigenvalue weighted by Crippen LogP contribution is 2.17. The first-order chi connectivity index (χ1) is 9.18. The van der Waals surface area contributed by atoms with Gasteiger partial charge in [-0.15, -0.1) is 0 Å². The number of nitrogens with two attached hydrogens (primary N) is 2. The van der Waals surface area contributed by atoms with Crippen molar-refractivity contribution in [3.63, 3.8) is 0 Å². The predicted molar refractivity (Wildman–Crippen MR) is 76.2 cm³/mol. The van der Waals surface area contributed by atoms with Crippen molar-refractivity contribution in [1.82, 2.24) is 0 Å². The first-order valence-electron chi connectivity index (χ1n) is 6.10. The molecular formula is C15H17N3O. The van der Waals surface area contributed by atoms with Gasteiger partial charge in [-0.3, -0.25) is 4.79 Å². The average Bonchev–Trinajstić information content (AvgIpc) is 2.46. The van der Waals surface area contributed by atoms with E-state index in [9.17, 15) is 4.79 Å². The summed E-state index contributed by atoms with van der Waals surface area (Å²) in [6.45, 7) is 0.453. The Balaban J connectivity index is 2.28. The Morgan fingerprint density at radius 1 is 0.947 bits per heavy atom. The topological polar surface area (TPSA) is 72.3 Å². The first-order valence-corrected chi connectivity index (χ1v) is 6.10. The Labute approximate surface area is 112 Å². The van der Waals surface area contributed by atoms with Crippen molar-refractivity contribution in [3.05, 3.63) is 66.2 Å². The van der Waals surface area contributed by atoms with Crippen molar-refractivity contribution in [3.8, 4) is 0 Å². The molecule has 2 aromatic carbocycles. The molecule has 0 heterocycles. The van der Waals surface area contributed by atoms with E-state index in [1.54, 1.807) is 4.90 Å². The summed E-state index contributed by atoms with van der Waals surface area (Å²) in [5.41, 5.74) is 12.8. The fraction of sp³-hybridized carbons (Fsp3) is 0.133. The highest BCUT2D eigenvalue weighted by molar-refractivity contribution is 5.96. The van der Waals surface area contributed by atoms with E-state index in [1.165, 1.54) is 0 Å². The summed E-state index contributed by atoms with van der Waals surface area (Å²) in [6, 6.07) is 19.1. The Hall–Kier alpha value is -2.17. The zero-order valence-corrected chi connectivity index (χ0v) is 10.6. The number of benzene rings is 2. The number of hydrogen-bond acceptors (Lipinski definition) is 3. The summed E-state index contributed by atoms with van der Waals surface area (Å²) < 4.78 is 0. The molecule has 4 heteroatoms. The summed E-state index contributed by atoms with van der Waals surface area (Å²) in [7, 11) is 0. The molecule has 0 aromatic heterocycles. The van der Waals surface area contributed by atoms with Crippen LogP contribution < -0.4 is 16.4 Å². The Kier molecular flexibility index (Phi) is 4.28. The van der Waals surface area contributed by atoms with E-state index in [1.807, 2.05) is 60.7 Å². The van der Waals surface area contributed by atoms with Crippen LogP contribution in [0, 0.1) is 0 Å². The summed E-state index contributed by atoms with van der Waals surface area (Å²) >= 11 is 0. The number of nitrogens with zero attached hydrogens (tertiary/aromatic N) is 1. The lowest BCUT2D eigenvalue weighted by Gasteiger charge is -2.24. The number of carbonyl (C=O) groups excluding carboxylic acids is 1. The average molecular weight is 255 g/mol. The first kappa shape index (κ1) is 13.3. The number of carbonyl (C=O) groups is 1. The summed E-state index contributed by atoms with van der Waals surface area (Å²) in [4.78, 5) is 13.7. The van der Waals surface area contributed by atoms with Crippen LogP contribution in [0.1, 0.15) is 5.56 Å². The molecule has 0 saturated heterocycles. The maximum atomic E-state index is 12.1. The molecule has 0 bridgehead atoms. The standard InChI is InChI=1S/C15H17N3O/c16-14(17)15(19)18(13-9-5-2-6-10-13)11-12-7-3-1-4-8-12/h1-10,14H,11,16-17H2. The summed E-state index contributed by atoms with van der Waals surface area (Å²) in [5, 5.41) is 0. The van der Waals surface area contributed by atoms with Crippen molar-refractivity contribution >= 4 is 11.6 Å². The van der Waals surface area contributed by atoms with E-state index in [-0.39, 0.29) is 5.91 Å². The lowest BCUT2D eigenvalue weighted by atomic mass is 10.2. The molecule has 0 atom stereocenters. The maximum Gasteiger partial charge on any atom is 0.258 e. The summed E-state index contributed by atoms with van der Waals surface area (Å²) in [6.07, 6.45) is -1.01. The van der Waals surface area contributed by atoms with Crippen LogP contribution in [-0.4, -0.2) is 12.1 Å². The second-order valence-electron chi connectivity index (χ2n) is 4.27. The molecule has 0 aliphatic heterocycles. The van der Waals surface area contributed by atoms with E-state index in [0.717, 1.165) is 11.3 Å². The third-order valence-electron chi connectivity index (χ3n) is 2.80. The van der Waals surface area contributed by atoms with Crippen molar-refractivity contribution in [2.45, 2.75) is 12.7 Å². The molecule has 4 nitrogen and oxygen atoms in total. The van der Waals surface area contributed by atoms with Gasteiger partial charge in [0, 0.05) is 5.69 Å². The molecule has 0 unspecified atom stereocenters. The van der Waals surface area contributed by atoms with Gasteiger partial charge < -0.3 is 16.4 Å². The highest BCUT2D eigenvalue weighted by atomic mass is 16.2. The molecule has 2 rings (SSSR count). The Bertz CT molecular complexity index is 526. The molecule has 4 N–H and O–H groups in total. The minimum absolute atomic E-state index is 0.296. The largest absolute Gasteiger partial charge is 0.308 e. The fourth-order valence-electron chi connectivity index (χ4n) is 1.85. The van der Waals surface area contributed by atoms with E-state index >= 15 is 0 Å². The highest BCUT2D eigenvalue weighted by Gasteiger charge is 2.19. The van der Waals surface area contributed by atoms with Crippen LogP contribution in [0.25, 0.3) is 0 Å². The molecule has 0 spiro atoms. The van der Waals surface area contributed by atoms with Gasteiger partial charge in [0.15, 0.2) is 0 Å². The zero-order chi connectivity index (χ0) is 13.7. The van der Waals surface area contributed by atoms with Crippen LogP contribution in [0.4, 0.5) is 5.69 Å². The lowest BCUT2D eigenvalue weighted by molar-refractivity contribution is -0.119. The number of rotatable bonds is 4. The van der Waals surface area contributed by atoms with Gasteiger partial charge in [-0.05, 0) is 17.7 Å². The van der Waals surface area contributed by atoms with Crippen LogP contribution in [0.15, 0.2) is 60.7 Å². The summed E-state index contributed by atoms with van der Waals surface area (Å²) in [5.74, 6) is -0.296. The van der Waals surface area contributed by atoms with Crippen LogP contribution in [-0.2, 0) is 11.3 Å². The quantitative estimate of drug-likeness (QED) is 0.812. The minimum Gasteiger partial charge on any atom is -0.308 e. The van der Waals surface area contributed by atoms with Gasteiger partial charge in [0.1, 0.15) is 6.17 Å². The van der Waals surface area contributed by atoms with Gasteiger partial charge in [0.05, 0.1) is 6.54 Å². The van der Waals surface area contributed by atoms with Crippen LogP contribution in [0.5, 0.6) is 0 Å². The van der Waals surface area contributed by atoms with Crippen molar-refractivity contribution in [2.75, 3.05) is 4.90 Å². The predicted octanol–water partition coefficient (Wildman–Crippen LogP) is 1.46. The van der Waals surface area contributed by atoms with Gasteiger partial charge in [0.2, 0.25) is 0 Å². The zero-order valence-electron chi connectivity index (χ0n) is 10.6. The third-order valence-corrected chi connectivity index (χ3v) is 2.80. The molecule has 0 saturated carbocycles. The number of amides is 1. The van der Waals surface area contributed by atoms with E-state index < -0.39 is 6.17 Å². The minimum atomic E-state index is -1.01. The Morgan fingerprint density at radius 2 is 1.47 bits per heavy atom. The second-order valence-corrected chi connectivity index (χ2v) is 4.27. The molecule has 0 radical (unpaired) electrons. The second kappa shape index (κ2) is 6.13. The molecule has 0 aliphatic rings. The van der Waals surface area contributed by atoms with E-state index in [0.29, 0.717) is 6.54 Å². The van der Waals surface area contributed by atoms with Crippen LogP contribution in [0.2, 0.25) is 0 Å². The van der Waals surface area contributed by atoms with Crippen molar-refractivity contribution < 1.29 is 4.79 Å². The molecular weight excluding hydrogens is 238 g/mol. The smallest absolute Gasteiger partial charge is 0.258 e. The SMILES string of the molecule is NC(N)C(=O)N(Cc1ccccc1)c1ccccc1. The Morgan fingerprint density at radius 3 is 2.00 bits per heavy atom. The van der Waals surface area contributed by atoms with Gasteiger partial charge in [-0.2, -0.15) is 0 Å². The normalized spacial score (nSPS) is 10.5. The molecule has 19 heavy (non-hydrogen) atoms. The lowest BCUT2D eigenvalue weighted by Crippen LogP contribution is -2.48. The fourth-order valence-corrected chi connectivity index (χ4v) is 1.85. The molecule has 1 amide bonds. The molecule has 0 aliphatic carbocycles. The molecule has 2 aromatic rings. The van der Waals surface area contributed by atoms with E-state index in [4.69, 9.17) is 11.5 Å². The van der Waals surface area contributed by atoms with Gasteiger partial charge in [-0.1, -0.05) is 48.5 Å². The number of hydrogen-bond donors (Lipinski definition) is 2. The van der Waals surface area contributed by atoms with Gasteiger partial charge in [-0.25, -0.2) is 0 Å². The van der Waals surface area contributed by atoms with Crippen LogP contribution in [0.3, 0.4) is 0 Å². The third kappa shape index (κ3) is 3.40. The van der Waals surface area contributed by atoms with Crippen molar-refractivity contribution in [1.29, 1.82) is 0 Å². The molecule has 0 fully saturated rings. The van der Waals surface area contributed by atoms with Gasteiger partial charge in [0.25, 0.3) is 5.91 Å². The monoisotopic (exact) mass is 255 g/mol. The van der Waals surface area contributed by atoms with Gasteiger partial charge >= 0.3 is 0 Å². The number of para-hydroxylation sites is 1. The van der Waals surface area contributed by atoms with Crippen molar-refractivity contribution in [2.24, 2.45) is 11.5 Å². The molecule has 98 valence electrons.